The van der Waals surface area contributed by atoms with Crippen molar-refractivity contribution >= 4 is 25.5 Å². The Hall–Kier alpha value is -1.12. The van der Waals surface area contributed by atoms with Gasteiger partial charge < -0.3 is 5.32 Å². The topological polar surface area (TPSA) is 106 Å². The average molecular weight is 332 g/mol. The van der Waals surface area contributed by atoms with Crippen LogP contribution in [0.5, 0.6) is 0 Å². The second-order valence-corrected chi connectivity index (χ2v) is 9.43. The maximum absolute atomic E-state index is 11.7. The lowest BCUT2D eigenvalue weighted by Crippen LogP contribution is -2.34. The second kappa shape index (κ2) is 5.94. The van der Waals surface area contributed by atoms with Crippen LogP contribution in [-0.4, -0.2) is 34.4 Å². The normalized spacial score (nSPS) is 23.1. The summed E-state index contributed by atoms with van der Waals surface area (Å²) in [5.41, 5.74) is 1.39. The van der Waals surface area contributed by atoms with E-state index in [1.165, 1.54) is 6.26 Å². The number of sulfonamides is 1. The molecule has 0 spiro atoms. The number of hydrogen-bond acceptors (Lipinski definition) is 5. The summed E-state index contributed by atoms with van der Waals surface area (Å²) >= 11 is 0. The van der Waals surface area contributed by atoms with Gasteiger partial charge in [-0.05, 0) is 37.0 Å². The Balaban J connectivity index is 2.07. The van der Waals surface area contributed by atoms with Crippen molar-refractivity contribution in [1.29, 1.82) is 0 Å². The highest BCUT2D eigenvalue weighted by Crippen LogP contribution is 2.28. The van der Waals surface area contributed by atoms with Crippen LogP contribution in [0, 0.1) is 0 Å². The molecule has 1 aromatic rings. The predicted molar refractivity (Wildman–Crippen MR) is 83.1 cm³/mol. The summed E-state index contributed by atoms with van der Waals surface area (Å²) in [5.74, 6) is -0.206. The van der Waals surface area contributed by atoms with Crippen molar-refractivity contribution in [2.24, 2.45) is 5.14 Å². The number of hydrogen-bond donors (Lipinski definition) is 2. The summed E-state index contributed by atoms with van der Waals surface area (Å²) in [6, 6.07) is 6.76. The van der Waals surface area contributed by atoms with Gasteiger partial charge in [0.2, 0.25) is 10.0 Å². The van der Waals surface area contributed by atoms with Crippen LogP contribution in [0.1, 0.15) is 24.8 Å². The van der Waals surface area contributed by atoms with Crippen LogP contribution in [0.2, 0.25) is 0 Å². The SMILES string of the molecule is CS(=O)(=O)C1CCCC1Nc1ccc(CS(N)(=O)=O)cc1. The van der Waals surface area contributed by atoms with Crippen LogP contribution in [0.4, 0.5) is 5.69 Å². The molecule has 8 heteroatoms. The number of nitrogens with two attached hydrogens (primary N) is 1. The van der Waals surface area contributed by atoms with Crippen LogP contribution in [0.15, 0.2) is 24.3 Å². The molecule has 2 unspecified atom stereocenters. The van der Waals surface area contributed by atoms with E-state index in [0.29, 0.717) is 12.0 Å². The Morgan fingerprint density at radius 3 is 2.29 bits per heavy atom. The molecule has 2 atom stereocenters. The van der Waals surface area contributed by atoms with Gasteiger partial charge in [-0.3, -0.25) is 0 Å². The summed E-state index contributed by atoms with van der Waals surface area (Å²) in [4.78, 5) is 0. The number of nitrogens with one attached hydrogen (secondary N) is 1. The highest BCUT2D eigenvalue weighted by Gasteiger charge is 2.34. The van der Waals surface area contributed by atoms with Gasteiger partial charge in [-0.15, -0.1) is 0 Å². The first-order valence-electron chi connectivity index (χ1n) is 6.70. The van der Waals surface area contributed by atoms with E-state index in [-0.39, 0.29) is 17.0 Å². The molecule has 0 aliphatic heterocycles. The lowest BCUT2D eigenvalue weighted by atomic mass is 10.2. The van der Waals surface area contributed by atoms with E-state index in [1.54, 1.807) is 24.3 Å². The Morgan fingerprint density at radius 2 is 1.76 bits per heavy atom. The molecule has 6 nitrogen and oxygen atoms in total. The maximum atomic E-state index is 11.7. The quantitative estimate of drug-likeness (QED) is 0.831. The molecule has 1 aliphatic rings. The monoisotopic (exact) mass is 332 g/mol. The van der Waals surface area contributed by atoms with E-state index in [2.05, 4.69) is 5.32 Å². The smallest absolute Gasteiger partial charge is 0.213 e. The van der Waals surface area contributed by atoms with Crippen molar-refractivity contribution in [3.8, 4) is 0 Å². The molecule has 3 N–H and O–H groups in total. The zero-order valence-electron chi connectivity index (χ0n) is 11.8. The fourth-order valence-corrected chi connectivity index (χ4v) is 4.80. The van der Waals surface area contributed by atoms with E-state index < -0.39 is 19.9 Å². The molecule has 0 saturated heterocycles. The summed E-state index contributed by atoms with van der Waals surface area (Å²) in [6.07, 6.45) is 3.66. The summed E-state index contributed by atoms with van der Waals surface area (Å²) in [7, 11) is -6.60. The molecule has 118 valence electrons. The summed E-state index contributed by atoms with van der Waals surface area (Å²) in [6.45, 7) is 0. The van der Waals surface area contributed by atoms with Gasteiger partial charge in [-0.25, -0.2) is 22.0 Å². The van der Waals surface area contributed by atoms with Gasteiger partial charge in [0.15, 0.2) is 9.84 Å². The van der Waals surface area contributed by atoms with Crippen molar-refractivity contribution in [3.05, 3.63) is 29.8 Å². The van der Waals surface area contributed by atoms with E-state index >= 15 is 0 Å². The van der Waals surface area contributed by atoms with Crippen LogP contribution >= 0.6 is 0 Å². The predicted octanol–water partition coefficient (Wildman–Crippen LogP) is 0.853. The van der Waals surface area contributed by atoms with Gasteiger partial charge in [0.25, 0.3) is 0 Å². The van der Waals surface area contributed by atoms with Gasteiger partial charge in [-0.1, -0.05) is 12.1 Å². The van der Waals surface area contributed by atoms with E-state index in [4.69, 9.17) is 5.14 Å². The lowest BCUT2D eigenvalue weighted by Gasteiger charge is -2.20. The number of primary sulfonamides is 1. The van der Waals surface area contributed by atoms with Crippen molar-refractivity contribution in [3.63, 3.8) is 0 Å². The molecule has 1 aromatic carbocycles. The maximum Gasteiger partial charge on any atom is 0.213 e. The molecule has 0 heterocycles. The van der Waals surface area contributed by atoms with E-state index in [9.17, 15) is 16.8 Å². The third-order valence-corrected chi connectivity index (χ3v) is 6.08. The van der Waals surface area contributed by atoms with Gasteiger partial charge in [-0.2, -0.15) is 0 Å². The number of rotatable bonds is 5. The first-order valence-corrected chi connectivity index (χ1v) is 10.4. The summed E-state index contributed by atoms with van der Waals surface area (Å²) in [5, 5.41) is 7.86. The highest BCUT2D eigenvalue weighted by atomic mass is 32.2. The molecule has 21 heavy (non-hydrogen) atoms. The van der Waals surface area contributed by atoms with Crippen molar-refractivity contribution in [2.75, 3.05) is 11.6 Å². The first kappa shape index (κ1) is 16.3. The largest absolute Gasteiger partial charge is 0.381 e. The minimum atomic E-state index is -3.54. The second-order valence-electron chi connectivity index (χ2n) is 5.55. The minimum Gasteiger partial charge on any atom is -0.381 e. The molecule has 0 aromatic heterocycles. The molecule has 0 amide bonds. The molecule has 0 radical (unpaired) electrons. The van der Waals surface area contributed by atoms with Crippen LogP contribution < -0.4 is 10.5 Å². The molecule has 1 saturated carbocycles. The standard InChI is InChI=1S/C13H20N2O4S2/c1-20(16,17)13-4-2-3-12(13)15-11-7-5-10(6-8-11)9-21(14,18)19/h5-8,12-13,15H,2-4,9H2,1H3,(H2,14,18,19). The third kappa shape index (κ3) is 4.69. The van der Waals surface area contributed by atoms with E-state index in [0.717, 1.165) is 18.5 Å². The lowest BCUT2D eigenvalue weighted by molar-refractivity contribution is 0.579. The van der Waals surface area contributed by atoms with Crippen molar-refractivity contribution < 1.29 is 16.8 Å². The van der Waals surface area contributed by atoms with E-state index in [1.807, 2.05) is 0 Å². The Kier molecular flexibility index (Phi) is 4.60. The molecule has 1 aliphatic carbocycles. The average Bonchev–Trinajstić information content (AvgIpc) is 2.77. The molecular formula is C13H20N2O4S2. The molecular weight excluding hydrogens is 312 g/mol. The number of sulfone groups is 1. The zero-order chi connectivity index (χ0) is 15.7. The van der Waals surface area contributed by atoms with Gasteiger partial charge >= 0.3 is 0 Å². The van der Waals surface area contributed by atoms with Gasteiger partial charge in [0.1, 0.15) is 0 Å². The van der Waals surface area contributed by atoms with Gasteiger partial charge in [0.05, 0.1) is 11.0 Å². The van der Waals surface area contributed by atoms with Crippen LogP contribution in [0.3, 0.4) is 0 Å². The Morgan fingerprint density at radius 1 is 1.14 bits per heavy atom. The van der Waals surface area contributed by atoms with Gasteiger partial charge in [0, 0.05) is 18.0 Å². The molecule has 1 fully saturated rings. The summed E-state index contributed by atoms with van der Waals surface area (Å²) < 4.78 is 45.5. The van der Waals surface area contributed by atoms with Crippen molar-refractivity contribution in [1.82, 2.24) is 0 Å². The first-order chi connectivity index (χ1) is 9.65. The fraction of sp³-hybridized carbons (Fsp3) is 0.538. The minimum absolute atomic E-state index is 0.0934. The Labute approximate surface area is 125 Å². The highest BCUT2D eigenvalue weighted by molar-refractivity contribution is 7.91. The molecule has 0 bridgehead atoms. The van der Waals surface area contributed by atoms with Crippen LogP contribution in [-0.2, 0) is 25.6 Å². The fourth-order valence-electron chi connectivity index (χ4n) is 2.75. The Bertz CT molecular complexity index is 696. The molecule has 2 rings (SSSR count). The number of anilines is 1. The zero-order valence-corrected chi connectivity index (χ0v) is 13.5. The third-order valence-electron chi connectivity index (χ3n) is 3.68. The van der Waals surface area contributed by atoms with Crippen LogP contribution in [0.25, 0.3) is 0 Å². The van der Waals surface area contributed by atoms with Crippen molar-refractivity contribution in [2.45, 2.75) is 36.3 Å². The number of benzene rings is 1.